The number of hydrogen-bond acceptors (Lipinski definition) is 5. The van der Waals surface area contributed by atoms with Gasteiger partial charge in [0.05, 0.1) is 11.0 Å². The Hall–Kier alpha value is -3.62. The molecule has 0 saturated heterocycles. The smallest absolute Gasteiger partial charge is 0.288 e. The van der Waals surface area contributed by atoms with Gasteiger partial charge in [0, 0.05) is 24.5 Å². The van der Waals surface area contributed by atoms with E-state index < -0.39 is 17.5 Å². The van der Waals surface area contributed by atoms with Crippen LogP contribution in [0.4, 0.5) is 14.6 Å². The molecule has 0 radical (unpaired) electrons. The lowest BCUT2D eigenvalue weighted by molar-refractivity contribution is 0.0957. The summed E-state index contributed by atoms with van der Waals surface area (Å²) in [5.41, 5.74) is 6.05. The zero-order chi connectivity index (χ0) is 17.4. The Morgan fingerprint density at radius 1 is 1.20 bits per heavy atom. The summed E-state index contributed by atoms with van der Waals surface area (Å²) in [6, 6.07) is 6.75. The fourth-order valence-electron chi connectivity index (χ4n) is 2.52. The first-order valence-electron chi connectivity index (χ1n) is 7.21. The number of benzene rings is 1. The third-order valence-electron chi connectivity index (χ3n) is 3.58. The minimum Gasteiger partial charge on any atom is -0.309 e. The molecular weight excluding hydrogens is 330 g/mol. The van der Waals surface area contributed by atoms with Crippen LogP contribution >= 0.6 is 0 Å². The molecule has 0 aliphatic carbocycles. The number of rotatable bonds is 3. The average molecular weight is 340 g/mol. The van der Waals surface area contributed by atoms with Crippen LogP contribution in [0.15, 0.2) is 49.1 Å². The molecule has 3 aromatic heterocycles. The third-order valence-corrected chi connectivity index (χ3v) is 3.58. The van der Waals surface area contributed by atoms with Gasteiger partial charge in [0.25, 0.3) is 5.91 Å². The number of halogens is 2. The number of carbonyl (C=O) groups excluding carboxylic acids is 1. The summed E-state index contributed by atoms with van der Waals surface area (Å²) in [5, 5.41) is 0. The molecule has 0 saturated carbocycles. The Bertz CT molecular complexity index is 1100. The standard InChI is InChI=1S/C16H10F2N6O/c17-9-6-10(18)14-12(7-9)21-15(13-2-1-5-24(13)14)22-23-16(25)11-3-4-19-8-20-11/h1-8H,(H,21,22)(H,23,25). The van der Waals surface area contributed by atoms with Crippen LogP contribution in [0.2, 0.25) is 0 Å². The van der Waals surface area contributed by atoms with Crippen molar-refractivity contribution < 1.29 is 13.6 Å². The van der Waals surface area contributed by atoms with Gasteiger partial charge in [-0.05, 0) is 18.2 Å². The highest BCUT2D eigenvalue weighted by atomic mass is 19.1. The van der Waals surface area contributed by atoms with Crippen LogP contribution in [-0.2, 0) is 0 Å². The summed E-state index contributed by atoms with van der Waals surface area (Å²) >= 11 is 0. The van der Waals surface area contributed by atoms with Gasteiger partial charge in [0.2, 0.25) is 0 Å². The number of carbonyl (C=O) groups is 1. The molecule has 4 rings (SSSR count). The number of amides is 1. The zero-order valence-electron chi connectivity index (χ0n) is 12.6. The van der Waals surface area contributed by atoms with E-state index in [4.69, 9.17) is 0 Å². The van der Waals surface area contributed by atoms with Crippen molar-refractivity contribution in [2.24, 2.45) is 0 Å². The molecule has 3 heterocycles. The van der Waals surface area contributed by atoms with Gasteiger partial charge in [-0.25, -0.2) is 23.7 Å². The van der Waals surface area contributed by atoms with Gasteiger partial charge in [-0.3, -0.25) is 15.6 Å². The summed E-state index contributed by atoms with van der Waals surface area (Å²) in [5.74, 6) is -1.72. The van der Waals surface area contributed by atoms with Crippen molar-refractivity contribution in [1.82, 2.24) is 24.8 Å². The molecule has 124 valence electrons. The molecule has 0 fully saturated rings. The Labute approximate surface area is 139 Å². The van der Waals surface area contributed by atoms with Gasteiger partial charge in [-0.15, -0.1) is 0 Å². The molecule has 1 amide bonds. The molecule has 1 aromatic carbocycles. The van der Waals surface area contributed by atoms with E-state index in [2.05, 4.69) is 25.8 Å². The summed E-state index contributed by atoms with van der Waals surface area (Å²) in [6.45, 7) is 0. The highest BCUT2D eigenvalue weighted by Gasteiger charge is 2.14. The van der Waals surface area contributed by atoms with Crippen molar-refractivity contribution in [3.63, 3.8) is 0 Å². The fourth-order valence-corrected chi connectivity index (χ4v) is 2.52. The SMILES string of the molecule is O=C(NNc1nc2cc(F)cc(F)c2n2cccc12)c1ccncn1. The minimum absolute atomic E-state index is 0.111. The largest absolute Gasteiger partial charge is 0.309 e. The van der Waals surface area contributed by atoms with Crippen molar-refractivity contribution in [1.29, 1.82) is 0 Å². The molecule has 25 heavy (non-hydrogen) atoms. The van der Waals surface area contributed by atoms with E-state index in [0.717, 1.165) is 12.1 Å². The lowest BCUT2D eigenvalue weighted by Gasteiger charge is -2.12. The number of hydrogen-bond donors (Lipinski definition) is 2. The monoisotopic (exact) mass is 340 g/mol. The quantitative estimate of drug-likeness (QED) is 0.559. The van der Waals surface area contributed by atoms with Crippen LogP contribution in [-0.4, -0.2) is 25.3 Å². The zero-order valence-corrected chi connectivity index (χ0v) is 12.6. The van der Waals surface area contributed by atoms with Crippen LogP contribution in [0.3, 0.4) is 0 Å². The number of aromatic nitrogens is 4. The maximum atomic E-state index is 14.1. The Morgan fingerprint density at radius 2 is 2.08 bits per heavy atom. The van der Waals surface area contributed by atoms with Crippen LogP contribution < -0.4 is 10.9 Å². The van der Waals surface area contributed by atoms with Gasteiger partial charge in [0.15, 0.2) is 11.6 Å². The molecule has 0 unspecified atom stereocenters. The normalized spacial score (nSPS) is 11.0. The van der Waals surface area contributed by atoms with E-state index in [1.165, 1.54) is 23.0 Å². The van der Waals surface area contributed by atoms with Gasteiger partial charge < -0.3 is 4.40 Å². The van der Waals surface area contributed by atoms with Crippen molar-refractivity contribution in [2.45, 2.75) is 0 Å². The topological polar surface area (TPSA) is 84.2 Å². The summed E-state index contributed by atoms with van der Waals surface area (Å²) in [7, 11) is 0. The molecular formula is C16H10F2N6O. The average Bonchev–Trinajstić information content (AvgIpc) is 3.09. The summed E-state index contributed by atoms with van der Waals surface area (Å²) in [4.78, 5) is 23.8. The lowest BCUT2D eigenvalue weighted by Crippen LogP contribution is -2.30. The van der Waals surface area contributed by atoms with Crippen LogP contribution in [0.1, 0.15) is 10.5 Å². The number of anilines is 1. The fraction of sp³-hybridized carbons (Fsp3) is 0. The summed E-state index contributed by atoms with van der Waals surface area (Å²) in [6.07, 6.45) is 4.31. The third kappa shape index (κ3) is 2.61. The van der Waals surface area contributed by atoms with Gasteiger partial charge in [0.1, 0.15) is 23.4 Å². The van der Waals surface area contributed by atoms with E-state index in [1.807, 2.05) is 0 Å². The second-order valence-corrected chi connectivity index (χ2v) is 5.15. The predicted octanol–water partition coefficient (Wildman–Crippen LogP) is 2.31. The molecule has 0 atom stereocenters. The summed E-state index contributed by atoms with van der Waals surface area (Å²) < 4.78 is 29.1. The lowest BCUT2D eigenvalue weighted by atomic mass is 10.2. The molecule has 0 bridgehead atoms. The first kappa shape index (κ1) is 14.9. The highest BCUT2D eigenvalue weighted by Crippen LogP contribution is 2.24. The molecule has 0 aliphatic heterocycles. The highest BCUT2D eigenvalue weighted by molar-refractivity contribution is 5.93. The molecule has 0 aliphatic rings. The maximum absolute atomic E-state index is 14.1. The van der Waals surface area contributed by atoms with Crippen LogP contribution in [0.5, 0.6) is 0 Å². The van der Waals surface area contributed by atoms with E-state index in [1.54, 1.807) is 18.3 Å². The van der Waals surface area contributed by atoms with Crippen molar-refractivity contribution >= 4 is 28.3 Å². The predicted molar refractivity (Wildman–Crippen MR) is 85.7 cm³/mol. The van der Waals surface area contributed by atoms with E-state index in [9.17, 15) is 13.6 Å². The number of nitrogens with zero attached hydrogens (tertiary/aromatic N) is 4. The van der Waals surface area contributed by atoms with Gasteiger partial charge in [-0.1, -0.05) is 0 Å². The first-order chi connectivity index (χ1) is 12.1. The molecule has 0 spiro atoms. The number of nitrogens with one attached hydrogen (secondary N) is 2. The number of hydrazine groups is 1. The molecule has 7 nitrogen and oxygen atoms in total. The van der Waals surface area contributed by atoms with E-state index in [-0.39, 0.29) is 22.5 Å². The first-order valence-corrected chi connectivity index (χ1v) is 7.21. The number of fused-ring (bicyclic) bond motifs is 3. The van der Waals surface area contributed by atoms with Gasteiger partial charge in [-0.2, -0.15) is 0 Å². The van der Waals surface area contributed by atoms with E-state index in [0.29, 0.717) is 5.52 Å². The molecule has 4 aromatic rings. The van der Waals surface area contributed by atoms with Crippen LogP contribution in [0, 0.1) is 11.6 Å². The Kier molecular flexibility index (Phi) is 3.46. The Morgan fingerprint density at radius 3 is 2.88 bits per heavy atom. The van der Waals surface area contributed by atoms with Crippen molar-refractivity contribution in [2.75, 3.05) is 5.43 Å². The second kappa shape index (κ2) is 5.78. The molecule has 2 N–H and O–H groups in total. The second-order valence-electron chi connectivity index (χ2n) is 5.15. The maximum Gasteiger partial charge on any atom is 0.288 e. The Balaban J connectivity index is 1.74. The van der Waals surface area contributed by atoms with Crippen molar-refractivity contribution in [3.05, 3.63) is 66.4 Å². The van der Waals surface area contributed by atoms with Crippen molar-refractivity contribution in [3.8, 4) is 0 Å². The van der Waals surface area contributed by atoms with Crippen LogP contribution in [0.25, 0.3) is 16.6 Å². The minimum atomic E-state index is -0.736. The molecule has 9 heteroatoms. The van der Waals surface area contributed by atoms with E-state index >= 15 is 0 Å². The van der Waals surface area contributed by atoms with Gasteiger partial charge >= 0.3 is 0 Å².